The van der Waals surface area contributed by atoms with Gasteiger partial charge in [-0.3, -0.25) is 14.4 Å². The summed E-state index contributed by atoms with van der Waals surface area (Å²) in [6.45, 7) is 3.81. The fourth-order valence-electron chi connectivity index (χ4n) is 4.50. The number of pyridine rings is 2. The van der Waals surface area contributed by atoms with Crippen LogP contribution in [-0.4, -0.2) is 70.5 Å². The molecule has 3 aromatic heterocycles. The third-order valence-corrected chi connectivity index (χ3v) is 6.31. The van der Waals surface area contributed by atoms with E-state index in [-0.39, 0.29) is 34.9 Å². The Hall–Kier alpha value is -4.70. The molecule has 0 saturated carbocycles. The summed E-state index contributed by atoms with van der Waals surface area (Å²) in [6.07, 6.45) is 1.09. The first-order valence-corrected chi connectivity index (χ1v) is 12.0. The number of esters is 1. The first kappa shape index (κ1) is 25.0. The number of hydrogen-bond acceptors (Lipinski definition) is 8. The van der Waals surface area contributed by atoms with Crippen LogP contribution in [0.1, 0.15) is 43.8 Å². The number of carbonyl (C=O) groups is 4. The molecule has 1 aliphatic carbocycles. The van der Waals surface area contributed by atoms with Crippen molar-refractivity contribution in [1.29, 1.82) is 0 Å². The molecule has 1 aliphatic rings. The number of aromatic amines is 1. The zero-order chi connectivity index (χ0) is 27.1. The van der Waals surface area contributed by atoms with Crippen LogP contribution >= 0.6 is 0 Å². The molecule has 0 unspecified atom stereocenters. The van der Waals surface area contributed by atoms with E-state index < -0.39 is 23.4 Å². The van der Waals surface area contributed by atoms with Crippen molar-refractivity contribution in [2.45, 2.75) is 13.8 Å². The Bertz CT molecular complexity index is 1700. The maximum Gasteiger partial charge on any atom is 0.357 e. The number of aryl methyl sites for hydroxylation is 1. The summed E-state index contributed by atoms with van der Waals surface area (Å²) in [5, 5.41) is 4.07. The van der Waals surface area contributed by atoms with Crippen molar-refractivity contribution in [3.63, 3.8) is 0 Å². The maximum absolute atomic E-state index is 13.1. The fourth-order valence-corrected chi connectivity index (χ4v) is 4.50. The Balaban J connectivity index is 1.69. The molecule has 38 heavy (non-hydrogen) atoms. The first-order valence-electron chi connectivity index (χ1n) is 12.0. The van der Waals surface area contributed by atoms with Crippen LogP contribution in [0.15, 0.2) is 48.2 Å². The van der Waals surface area contributed by atoms with E-state index in [4.69, 9.17) is 4.74 Å². The van der Waals surface area contributed by atoms with Crippen LogP contribution in [0.2, 0.25) is 0 Å². The van der Waals surface area contributed by atoms with Gasteiger partial charge < -0.3 is 19.9 Å². The molecule has 192 valence electrons. The van der Waals surface area contributed by atoms with Crippen molar-refractivity contribution in [3.05, 3.63) is 70.7 Å². The lowest BCUT2D eigenvalue weighted by molar-refractivity contribution is -0.118. The van der Waals surface area contributed by atoms with Gasteiger partial charge in [-0.1, -0.05) is 18.2 Å². The number of H-pyrrole nitrogens is 1. The van der Waals surface area contributed by atoms with Gasteiger partial charge in [0.1, 0.15) is 18.0 Å². The van der Waals surface area contributed by atoms with Gasteiger partial charge in [-0.2, -0.15) is 0 Å². The topological polar surface area (TPSA) is 134 Å². The van der Waals surface area contributed by atoms with Gasteiger partial charge in [0.25, 0.3) is 0 Å². The molecule has 4 aromatic rings. The summed E-state index contributed by atoms with van der Waals surface area (Å²) in [5.41, 5.74) is 2.76. The van der Waals surface area contributed by atoms with Crippen LogP contribution in [0, 0.1) is 6.92 Å². The quantitative estimate of drug-likeness (QED) is 0.377. The van der Waals surface area contributed by atoms with Crippen molar-refractivity contribution in [2.24, 2.45) is 0 Å². The highest BCUT2D eigenvalue weighted by Gasteiger charge is 2.29. The zero-order valence-corrected chi connectivity index (χ0v) is 21.3. The van der Waals surface area contributed by atoms with E-state index in [1.165, 1.54) is 13.0 Å². The van der Waals surface area contributed by atoms with E-state index in [0.29, 0.717) is 23.3 Å². The van der Waals surface area contributed by atoms with Crippen LogP contribution in [0.25, 0.3) is 33.2 Å². The Morgan fingerprint density at radius 1 is 1.05 bits per heavy atom. The second-order valence-electron chi connectivity index (χ2n) is 9.32. The molecule has 3 heterocycles. The number of ether oxygens (including phenoxy) is 1. The van der Waals surface area contributed by atoms with Crippen LogP contribution < -0.4 is 5.32 Å². The predicted molar refractivity (Wildman–Crippen MR) is 141 cm³/mol. The highest BCUT2D eigenvalue weighted by molar-refractivity contribution is 6.24. The Kier molecular flexibility index (Phi) is 6.33. The fraction of sp³-hybridized carbons (Fsp3) is 0.214. The third-order valence-electron chi connectivity index (χ3n) is 6.31. The van der Waals surface area contributed by atoms with Crippen LogP contribution in [0.3, 0.4) is 0 Å². The van der Waals surface area contributed by atoms with E-state index in [0.717, 1.165) is 22.4 Å². The molecule has 2 N–H and O–H groups in total. The minimum atomic E-state index is -0.583. The predicted octanol–water partition coefficient (Wildman–Crippen LogP) is 3.20. The van der Waals surface area contributed by atoms with Gasteiger partial charge >= 0.3 is 5.97 Å². The monoisotopic (exact) mass is 511 g/mol. The number of fused-ring (bicyclic) bond motifs is 4. The molecule has 0 atom stereocenters. The third kappa shape index (κ3) is 4.35. The van der Waals surface area contributed by atoms with Crippen molar-refractivity contribution >= 4 is 45.2 Å². The zero-order valence-electron chi connectivity index (χ0n) is 21.3. The summed E-state index contributed by atoms with van der Waals surface area (Å²) in [6, 6.07) is 10.8. The SMILES string of the molecule is CC(=O)NC1=CC(=O)c2ccc(-c3nc(C(=O)OCCN(C)C)c(C)c4c3[nH]c3ccccc34)nc2C1=O. The number of nitrogens with zero attached hydrogens (tertiary/aromatic N) is 3. The number of ketones is 2. The van der Waals surface area contributed by atoms with Gasteiger partial charge in [0.2, 0.25) is 11.7 Å². The number of hydrogen-bond donors (Lipinski definition) is 2. The summed E-state index contributed by atoms with van der Waals surface area (Å²) < 4.78 is 5.50. The number of carbonyl (C=O) groups excluding carboxylic acids is 4. The molecule has 0 bridgehead atoms. The standard InChI is InChI=1S/C28H25N5O5/c1-14-22-16-7-5-6-8-18(16)30-26(22)25(32-23(14)28(37)38-12-11-33(3)4)19-10-9-17-21(35)13-20(29-15(2)34)27(36)24(17)31-19/h5-10,13,30H,11-12H2,1-4H3,(H,29,34). The second kappa shape index (κ2) is 9.64. The lowest BCUT2D eigenvalue weighted by atomic mass is 9.96. The average Bonchev–Trinajstić information content (AvgIpc) is 3.26. The molecule has 0 saturated heterocycles. The van der Waals surface area contributed by atoms with Gasteiger partial charge in [0, 0.05) is 35.8 Å². The van der Waals surface area contributed by atoms with Gasteiger partial charge in [0.05, 0.1) is 22.5 Å². The maximum atomic E-state index is 13.1. The molecule has 0 fully saturated rings. The molecular weight excluding hydrogens is 486 g/mol. The van der Waals surface area contributed by atoms with E-state index in [9.17, 15) is 19.2 Å². The lowest BCUT2D eigenvalue weighted by Gasteiger charge is -2.16. The molecule has 10 nitrogen and oxygen atoms in total. The van der Waals surface area contributed by atoms with Crippen molar-refractivity contribution in [1.82, 2.24) is 25.2 Å². The lowest BCUT2D eigenvalue weighted by Crippen LogP contribution is -2.30. The Morgan fingerprint density at radius 2 is 1.82 bits per heavy atom. The molecule has 0 aliphatic heterocycles. The minimum Gasteiger partial charge on any atom is -0.460 e. The number of benzene rings is 1. The number of Topliss-reactive ketones (excluding diaryl/α,β-unsaturated/α-hetero) is 1. The summed E-state index contributed by atoms with van der Waals surface area (Å²) >= 11 is 0. The van der Waals surface area contributed by atoms with Crippen LogP contribution in [0.5, 0.6) is 0 Å². The van der Waals surface area contributed by atoms with Gasteiger partial charge in [-0.05, 0) is 44.8 Å². The Morgan fingerprint density at radius 3 is 2.55 bits per heavy atom. The molecule has 10 heteroatoms. The van der Waals surface area contributed by atoms with E-state index in [1.54, 1.807) is 6.07 Å². The number of nitrogens with one attached hydrogen (secondary N) is 2. The summed E-state index contributed by atoms with van der Waals surface area (Å²) in [5.74, 6) is -2.08. The van der Waals surface area contributed by atoms with Crippen molar-refractivity contribution in [2.75, 3.05) is 27.2 Å². The van der Waals surface area contributed by atoms with E-state index in [1.807, 2.05) is 50.2 Å². The molecule has 0 radical (unpaired) electrons. The number of aromatic nitrogens is 3. The molecule has 1 amide bonds. The van der Waals surface area contributed by atoms with E-state index >= 15 is 0 Å². The molecule has 1 aromatic carbocycles. The smallest absolute Gasteiger partial charge is 0.357 e. The normalized spacial score (nSPS) is 13.1. The molecular formula is C28H25N5O5. The van der Waals surface area contributed by atoms with Gasteiger partial charge in [-0.25, -0.2) is 14.8 Å². The highest BCUT2D eigenvalue weighted by atomic mass is 16.5. The van der Waals surface area contributed by atoms with Crippen LogP contribution in [0.4, 0.5) is 0 Å². The van der Waals surface area contributed by atoms with Crippen molar-refractivity contribution in [3.8, 4) is 11.4 Å². The number of allylic oxidation sites excluding steroid dienone is 2. The van der Waals surface area contributed by atoms with Crippen molar-refractivity contribution < 1.29 is 23.9 Å². The largest absolute Gasteiger partial charge is 0.460 e. The molecule has 0 spiro atoms. The Labute approximate surface area is 217 Å². The number of rotatable bonds is 6. The van der Waals surface area contributed by atoms with Gasteiger partial charge in [0.15, 0.2) is 11.5 Å². The highest BCUT2D eigenvalue weighted by Crippen LogP contribution is 2.35. The van der Waals surface area contributed by atoms with E-state index in [2.05, 4.69) is 20.3 Å². The number of likely N-dealkylation sites (N-methyl/N-ethyl adjacent to an activating group) is 1. The summed E-state index contributed by atoms with van der Waals surface area (Å²) in [4.78, 5) is 64.8. The number of para-hydroxylation sites is 1. The second-order valence-corrected chi connectivity index (χ2v) is 9.32. The first-order chi connectivity index (χ1) is 18.2. The molecule has 5 rings (SSSR count). The number of amides is 1. The average molecular weight is 512 g/mol. The minimum absolute atomic E-state index is 0.0968. The van der Waals surface area contributed by atoms with Gasteiger partial charge in [-0.15, -0.1) is 0 Å². The summed E-state index contributed by atoms with van der Waals surface area (Å²) in [7, 11) is 3.77. The van der Waals surface area contributed by atoms with Crippen LogP contribution in [-0.2, 0) is 9.53 Å².